The minimum atomic E-state index is -0.365. The second kappa shape index (κ2) is 7.07. The third kappa shape index (κ3) is 4.57. The predicted octanol–water partition coefficient (Wildman–Crippen LogP) is 2.37. The molecule has 0 aliphatic carbocycles. The number of benzene rings is 1. The molecule has 0 fully saturated rings. The van der Waals surface area contributed by atoms with Crippen LogP contribution in [0.3, 0.4) is 0 Å². The van der Waals surface area contributed by atoms with Gasteiger partial charge in [0.1, 0.15) is 0 Å². The minimum absolute atomic E-state index is 0.365. The van der Waals surface area contributed by atoms with Gasteiger partial charge in [0, 0.05) is 12.1 Å². The summed E-state index contributed by atoms with van der Waals surface area (Å²) in [7, 11) is 0. The zero-order chi connectivity index (χ0) is 12.7. The van der Waals surface area contributed by atoms with Crippen LogP contribution in [0.15, 0.2) is 18.2 Å². The number of amides is 1. The Morgan fingerprint density at radius 2 is 2.12 bits per heavy atom. The molecule has 1 amide bonds. The standard InChI is InChI=1S/C14H22N2O/c1-3-4-5-8-16-10-13-7-6-12(14(15)17)9-11(13)2/h6-7,9,16H,3-5,8,10H2,1-2H3,(H2,15,17). The van der Waals surface area contributed by atoms with Crippen molar-refractivity contribution in [3.63, 3.8) is 0 Å². The van der Waals surface area contributed by atoms with E-state index < -0.39 is 0 Å². The van der Waals surface area contributed by atoms with Crippen molar-refractivity contribution in [1.82, 2.24) is 5.32 Å². The van der Waals surface area contributed by atoms with Crippen molar-refractivity contribution in [3.05, 3.63) is 34.9 Å². The number of hydrogen-bond donors (Lipinski definition) is 2. The number of hydrogen-bond acceptors (Lipinski definition) is 2. The van der Waals surface area contributed by atoms with Gasteiger partial charge >= 0.3 is 0 Å². The molecule has 1 aromatic rings. The Bertz CT molecular complexity index is 374. The zero-order valence-corrected chi connectivity index (χ0v) is 10.8. The molecule has 0 heterocycles. The molecule has 0 spiro atoms. The lowest BCUT2D eigenvalue weighted by atomic mass is 10.0. The van der Waals surface area contributed by atoms with Gasteiger partial charge in [-0.3, -0.25) is 4.79 Å². The quantitative estimate of drug-likeness (QED) is 0.712. The van der Waals surface area contributed by atoms with Crippen molar-refractivity contribution in [2.75, 3.05) is 6.54 Å². The van der Waals surface area contributed by atoms with E-state index in [0.717, 1.165) is 18.7 Å². The van der Waals surface area contributed by atoms with Crippen molar-refractivity contribution in [3.8, 4) is 0 Å². The highest BCUT2D eigenvalue weighted by Crippen LogP contribution is 2.10. The van der Waals surface area contributed by atoms with Crippen LogP contribution in [0, 0.1) is 6.92 Å². The third-order valence-electron chi connectivity index (χ3n) is 2.90. The van der Waals surface area contributed by atoms with Gasteiger partial charge in [0.05, 0.1) is 0 Å². The second-order valence-corrected chi connectivity index (χ2v) is 4.39. The lowest BCUT2D eigenvalue weighted by Gasteiger charge is -2.08. The summed E-state index contributed by atoms with van der Waals surface area (Å²) in [6, 6.07) is 5.62. The highest BCUT2D eigenvalue weighted by Gasteiger charge is 2.03. The van der Waals surface area contributed by atoms with Gasteiger partial charge in [0.2, 0.25) is 5.91 Å². The number of unbranched alkanes of at least 4 members (excludes halogenated alkanes) is 2. The topological polar surface area (TPSA) is 55.1 Å². The molecule has 94 valence electrons. The Balaban J connectivity index is 2.46. The van der Waals surface area contributed by atoms with Crippen LogP contribution in [0.2, 0.25) is 0 Å². The smallest absolute Gasteiger partial charge is 0.248 e. The summed E-state index contributed by atoms with van der Waals surface area (Å²) >= 11 is 0. The van der Waals surface area contributed by atoms with E-state index in [4.69, 9.17) is 5.73 Å². The fourth-order valence-electron chi connectivity index (χ4n) is 1.77. The van der Waals surface area contributed by atoms with E-state index >= 15 is 0 Å². The normalized spacial score (nSPS) is 10.5. The maximum Gasteiger partial charge on any atom is 0.248 e. The number of nitrogens with one attached hydrogen (secondary N) is 1. The molecule has 0 atom stereocenters. The average molecular weight is 234 g/mol. The molecule has 1 aromatic carbocycles. The molecule has 3 N–H and O–H groups in total. The summed E-state index contributed by atoms with van der Waals surface area (Å²) in [4.78, 5) is 11.0. The molecule has 0 saturated heterocycles. The van der Waals surface area contributed by atoms with Gasteiger partial charge in [0.15, 0.2) is 0 Å². The molecule has 1 rings (SSSR count). The first-order valence-electron chi connectivity index (χ1n) is 6.25. The summed E-state index contributed by atoms with van der Waals surface area (Å²) < 4.78 is 0. The summed E-state index contributed by atoms with van der Waals surface area (Å²) in [5.74, 6) is -0.365. The average Bonchev–Trinajstić information content (AvgIpc) is 2.30. The molecule has 3 heteroatoms. The monoisotopic (exact) mass is 234 g/mol. The zero-order valence-electron chi connectivity index (χ0n) is 10.8. The van der Waals surface area contributed by atoms with Crippen LogP contribution in [0.4, 0.5) is 0 Å². The summed E-state index contributed by atoms with van der Waals surface area (Å²) in [5, 5.41) is 3.41. The van der Waals surface area contributed by atoms with Gasteiger partial charge in [0.25, 0.3) is 0 Å². The van der Waals surface area contributed by atoms with Crippen LogP contribution in [0.25, 0.3) is 0 Å². The van der Waals surface area contributed by atoms with Gasteiger partial charge in [-0.05, 0) is 43.1 Å². The summed E-state index contributed by atoms with van der Waals surface area (Å²) in [5.41, 5.74) is 8.16. The van der Waals surface area contributed by atoms with Gasteiger partial charge in [-0.1, -0.05) is 25.8 Å². The first-order valence-corrected chi connectivity index (χ1v) is 6.25. The summed E-state index contributed by atoms with van der Waals surface area (Å²) in [6.07, 6.45) is 3.73. The van der Waals surface area contributed by atoms with E-state index in [0.29, 0.717) is 5.56 Å². The molecule has 17 heavy (non-hydrogen) atoms. The van der Waals surface area contributed by atoms with E-state index in [-0.39, 0.29) is 5.91 Å². The first kappa shape index (κ1) is 13.7. The molecule has 0 aliphatic rings. The first-order chi connectivity index (χ1) is 8.15. The molecule has 0 radical (unpaired) electrons. The van der Waals surface area contributed by atoms with E-state index in [9.17, 15) is 4.79 Å². The maximum absolute atomic E-state index is 11.0. The molecule has 0 bridgehead atoms. The lowest BCUT2D eigenvalue weighted by molar-refractivity contribution is 0.1000. The van der Waals surface area contributed by atoms with Crippen molar-refractivity contribution in [1.29, 1.82) is 0 Å². The molecule has 3 nitrogen and oxygen atoms in total. The molecular formula is C14H22N2O. The predicted molar refractivity (Wildman–Crippen MR) is 70.9 cm³/mol. The number of primary amides is 1. The molecule has 0 aromatic heterocycles. The molecule has 0 unspecified atom stereocenters. The Morgan fingerprint density at radius 1 is 1.35 bits per heavy atom. The van der Waals surface area contributed by atoms with Crippen LogP contribution in [0.5, 0.6) is 0 Å². The molecule has 0 aliphatic heterocycles. The highest BCUT2D eigenvalue weighted by atomic mass is 16.1. The Hall–Kier alpha value is -1.35. The van der Waals surface area contributed by atoms with Crippen molar-refractivity contribution in [2.24, 2.45) is 5.73 Å². The number of carbonyl (C=O) groups is 1. The van der Waals surface area contributed by atoms with Crippen molar-refractivity contribution >= 4 is 5.91 Å². The minimum Gasteiger partial charge on any atom is -0.366 e. The Morgan fingerprint density at radius 3 is 2.71 bits per heavy atom. The third-order valence-corrected chi connectivity index (χ3v) is 2.90. The fourth-order valence-corrected chi connectivity index (χ4v) is 1.77. The van der Waals surface area contributed by atoms with Crippen molar-refractivity contribution in [2.45, 2.75) is 39.7 Å². The second-order valence-electron chi connectivity index (χ2n) is 4.39. The number of nitrogens with two attached hydrogens (primary N) is 1. The van der Waals surface area contributed by atoms with Gasteiger partial charge in [-0.15, -0.1) is 0 Å². The number of rotatable bonds is 7. The summed E-state index contributed by atoms with van der Waals surface area (Å²) in [6.45, 7) is 6.11. The fraction of sp³-hybridized carbons (Fsp3) is 0.500. The van der Waals surface area contributed by atoms with Gasteiger partial charge in [-0.25, -0.2) is 0 Å². The van der Waals surface area contributed by atoms with Crippen LogP contribution in [-0.2, 0) is 6.54 Å². The van der Waals surface area contributed by atoms with Crippen molar-refractivity contribution < 1.29 is 4.79 Å². The largest absolute Gasteiger partial charge is 0.366 e. The van der Waals surface area contributed by atoms with E-state index in [1.807, 2.05) is 19.1 Å². The number of carbonyl (C=O) groups excluding carboxylic acids is 1. The SMILES string of the molecule is CCCCCNCc1ccc(C(N)=O)cc1C. The molecule has 0 saturated carbocycles. The van der Waals surface area contributed by atoms with Crippen LogP contribution in [0.1, 0.15) is 47.7 Å². The van der Waals surface area contributed by atoms with Gasteiger partial charge in [-0.2, -0.15) is 0 Å². The van der Waals surface area contributed by atoms with Crippen LogP contribution < -0.4 is 11.1 Å². The van der Waals surface area contributed by atoms with Crippen LogP contribution in [-0.4, -0.2) is 12.5 Å². The van der Waals surface area contributed by atoms with E-state index in [1.165, 1.54) is 24.8 Å². The highest BCUT2D eigenvalue weighted by molar-refractivity contribution is 5.93. The maximum atomic E-state index is 11.0. The van der Waals surface area contributed by atoms with E-state index in [2.05, 4.69) is 12.2 Å². The number of aryl methyl sites for hydroxylation is 1. The Kier molecular flexibility index (Phi) is 5.70. The van der Waals surface area contributed by atoms with E-state index in [1.54, 1.807) is 6.07 Å². The van der Waals surface area contributed by atoms with Crippen LogP contribution >= 0.6 is 0 Å². The molecular weight excluding hydrogens is 212 g/mol. The Labute approximate surface area is 103 Å². The van der Waals surface area contributed by atoms with Gasteiger partial charge < -0.3 is 11.1 Å². The lowest BCUT2D eigenvalue weighted by Crippen LogP contribution is -2.16.